The predicted octanol–water partition coefficient (Wildman–Crippen LogP) is 3.38. The number of hydrogen-bond donors (Lipinski definition) is 3. The SMILES string of the molecule is N#C/C(=C\c1[nH]c2ccccc2c1O)C(N)=NCCc1ccccc1. The minimum Gasteiger partial charge on any atom is -0.505 e. The van der Waals surface area contributed by atoms with Gasteiger partial charge < -0.3 is 15.8 Å². The number of amidine groups is 1. The lowest BCUT2D eigenvalue weighted by Crippen LogP contribution is -2.15. The van der Waals surface area contributed by atoms with Gasteiger partial charge in [-0.3, -0.25) is 4.99 Å². The third kappa shape index (κ3) is 3.70. The molecule has 0 aliphatic carbocycles. The highest BCUT2D eigenvalue weighted by Gasteiger charge is 2.10. The molecule has 0 aliphatic rings. The molecule has 0 saturated carbocycles. The van der Waals surface area contributed by atoms with Crippen LogP contribution in [0.3, 0.4) is 0 Å². The molecule has 0 fully saturated rings. The Bertz CT molecular complexity index is 978. The van der Waals surface area contributed by atoms with E-state index in [0.717, 1.165) is 17.5 Å². The normalized spacial score (nSPS) is 12.3. The number of hydrogen-bond acceptors (Lipinski definition) is 3. The monoisotopic (exact) mass is 330 g/mol. The van der Waals surface area contributed by atoms with E-state index in [0.29, 0.717) is 17.6 Å². The van der Waals surface area contributed by atoms with Crippen LogP contribution in [0.4, 0.5) is 0 Å². The minimum absolute atomic E-state index is 0.0976. The molecular formula is C20H18N4O. The van der Waals surface area contributed by atoms with Crippen LogP contribution in [-0.2, 0) is 6.42 Å². The summed E-state index contributed by atoms with van der Waals surface area (Å²) in [7, 11) is 0. The van der Waals surface area contributed by atoms with Crippen molar-refractivity contribution in [2.45, 2.75) is 6.42 Å². The first-order chi connectivity index (χ1) is 12.2. The van der Waals surface area contributed by atoms with Crippen molar-refractivity contribution >= 4 is 22.8 Å². The van der Waals surface area contributed by atoms with Gasteiger partial charge in [0, 0.05) is 17.4 Å². The van der Waals surface area contributed by atoms with Crippen LogP contribution in [0, 0.1) is 11.3 Å². The Labute approximate surface area is 145 Å². The van der Waals surface area contributed by atoms with Crippen molar-refractivity contribution in [2.24, 2.45) is 10.7 Å². The summed E-state index contributed by atoms with van der Waals surface area (Å²) < 4.78 is 0. The van der Waals surface area contributed by atoms with Crippen molar-refractivity contribution in [1.29, 1.82) is 5.26 Å². The number of nitrogens with two attached hydrogens (primary N) is 1. The Morgan fingerprint density at radius 2 is 1.88 bits per heavy atom. The molecule has 1 aromatic heterocycles. The van der Waals surface area contributed by atoms with E-state index >= 15 is 0 Å². The van der Waals surface area contributed by atoms with E-state index in [1.165, 1.54) is 6.08 Å². The Morgan fingerprint density at radius 3 is 2.60 bits per heavy atom. The van der Waals surface area contributed by atoms with E-state index in [1.54, 1.807) is 0 Å². The molecular weight excluding hydrogens is 312 g/mol. The van der Waals surface area contributed by atoms with E-state index in [1.807, 2.05) is 60.7 Å². The first kappa shape index (κ1) is 16.3. The van der Waals surface area contributed by atoms with Crippen molar-refractivity contribution in [2.75, 3.05) is 6.54 Å². The van der Waals surface area contributed by atoms with Crippen LogP contribution in [0.2, 0.25) is 0 Å². The molecule has 1 heterocycles. The predicted molar refractivity (Wildman–Crippen MR) is 100 cm³/mol. The highest BCUT2D eigenvalue weighted by Crippen LogP contribution is 2.29. The maximum absolute atomic E-state index is 10.3. The number of aliphatic imine (C=N–C) groups is 1. The number of aromatic amines is 1. The van der Waals surface area contributed by atoms with Gasteiger partial charge in [-0.1, -0.05) is 42.5 Å². The lowest BCUT2D eigenvalue weighted by atomic mass is 10.1. The van der Waals surface area contributed by atoms with Gasteiger partial charge in [-0.2, -0.15) is 5.26 Å². The van der Waals surface area contributed by atoms with Gasteiger partial charge in [-0.15, -0.1) is 0 Å². The van der Waals surface area contributed by atoms with Gasteiger partial charge in [-0.05, 0) is 30.2 Å². The van der Waals surface area contributed by atoms with Crippen LogP contribution >= 0.6 is 0 Å². The second-order valence-electron chi connectivity index (χ2n) is 5.61. The zero-order valence-electron chi connectivity index (χ0n) is 13.6. The quantitative estimate of drug-likeness (QED) is 0.380. The number of aromatic hydroxyl groups is 1. The van der Waals surface area contributed by atoms with Crippen molar-refractivity contribution in [3.8, 4) is 11.8 Å². The van der Waals surface area contributed by atoms with Gasteiger partial charge in [-0.25, -0.2) is 0 Å². The summed E-state index contributed by atoms with van der Waals surface area (Å²) in [6.45, 7) is 0.494. The minimum atomic E-state index is 0.0976. The molecule has 0 unspecified atom stereocenters. The summed E-state index contributed by atoms with van der Waals surface area (Å²) in [5.74, 6) is 0.261. The summed E-state index contributed by atoms with van der Waals surface area (Å²) in [6.07, 6.45) is 2.27. The largest absolute Gasteiger partial charge is 0.505 e. The molecule has 5 nitrogen and oxygen atoms in total. The topological polar surface area (TPSA) is 98.2 Å². The van der Waals surface area contributed by atoms with Gasteiger partial charge in [0.2, 0.25) is 0 Å². The third-order valence-corrected chi connectivity index (χ3v) is 3.92. The zero-order valence-corrected chi connectivity index (χ0v) is 13.6. The maximum atomic E-state index is 10.3. The molecule has 5 heteroatoms. The van der Waals surface area contributed by atoms with Gasteiger partial charge in [0.15, 0.2) is 0 Å². The van der Waals surface area contributed by atoms with Crippen LogP contribution in [-0.4, -0.2) is 22.5 Å². The summed E-state index contributed by atoms with van der Waals surface area (Å²) in [5.41, 5.74) is 8.57. The Kier molecular flexibility index (Phi) is 4.82. The Balaban J connectivity index is 1.80. The van der Waals surface area contributed by atoms with Crippen LogP contribution in [0.1, 0.15) is 11.3 Å². The number of fused-ring (bicyclic) bond motifs is 1. The molecule has 0 saturated heterocycles. The van der Waals surface area contributed by atoms with E-state index in [4.69, 9.17) is 5.73 Å². The summed E-state index contributed by atoms with van der Waals surface area (Å²) in [6, 6.07) is 19.4. The molecule has 3 rings (SSSR count). The number of nitrogens with one attached hydrogen (secondary N) is 1. The van der Waals surface area contributed by atoms with Crippen molar-refractivity contribution in [3.63, 3.8) is 0 Å². The first-order valence-electron chi connectivity index (χ1n) is 7.94. The van der Waals surface area contributed by atoms with Crippen molar-refractivity contribution in [3.05, 3.63) is 71.4 Å². The lowest BCUT2D eigenvalue weighted by molar-refractivity contribution is 0.480. The lowest BCUT2D eigenvalue weighted by Gasteiger charge is -2.01. The first-order valence-corrected chi connectivity index (χ1v) is 7.94. The Hall–Kier alpha value is -3.52. The summed E-state index contributed by atoms with van der Waals surface area (Å²) >= 11 is 0. The molecule has 4 N–H and O–H groups in total. The van der Waals surface area contributed by atoms with Crippen molar-refractivity contribution in [1.82, 2.24) is 4.98 Å². The van der Waals surface area contributed by atoms with Gasteiger partial charge in [0.1, 0.15) is 17.7 Å². The molecule has 0 amide bonds. The van der Waals surface area contributed by atoms with E-state index in [9.17, 15) is 10.4 Å². The van der Waals surface area contributed by atoms with Crippen LogP contribution in [0.25, 0.3) is 17.0 Å². The van der Waals surface area contributed by atoms with Crippen molar-refractivity contribution < 1.29 is 5.11 Å². The zero-order chi connectivity index (χ0) is 17.6. The molecule has 0 aliphatic heterocycles. The van der Waals surface area contributed by atoms with Crippen LogP contribution in [0.15, 0.2) is 65.2 Å². The van der Waals surface area contributed by atoms with Gasteiger partial charge in [0.05, 0.1) is 11.3 Å². The van der Waals surface area contributed by atoms with Crippen LogP contribution < -0.4 is 5.73 Å². The molecule has 0 atom stereocenters. The number of para-hydroxylation sites is 1. The fraction of sp³-hybridized carbons (Fsp3) is 0.100. The molecule has 0 radical (unpaired) electrons. The number of rotatable bonds is 5. The second kappa shape index (κ2) is 7.37. The fourth-order valence-electron chi connectivity index (χ4n) is 2.60. The maximum Gasteiger partial charge on any atom is 0.148 e. The molecule has 124 valence electrons. The summed E-state index contributed by atoms with van der Waals surface area (Å²) in [5, 5.41) is 20.3. The van der Waals surface area contributed by atoms with E-state index < -0.39 is 0 Å². The molecule has 25 heavy (non-hydrogen) atoms. The second-order valence-corrected chi connectivity index (χ2v) is 5.61. The highest BCUT2D eigenvalue weighted by molar-refractivity contribution is 6.05. The standard InChI is InChI=1S/C20H18N4O/c21-13-15(20(22)23-11-10-14-6-2-1-3-7-14)12-18-19(25)16-8-4-5-9-17(16)24-18/h1-9,12,24-25H,10-11H2,(H2,22,23)/b15-12+. The molecule has 2 aromatic carbocycles. The number of aromatic nitrogens is 1. The van der Waals surface area contributed by atoms with Gasteiger partial charge in [0.25, 0.3) is 0 Å². The molecule has 3 aromatic rings. The van der Waals surface area contributed by atoms with E-state index in [2.05, 4.69) is 9.98 Å². The van der Waals surface area contributed by atoms with Crippen LogP contribution in [0.5, 0.6) is 5.75 Å². The number of benzene rings is 2. The van der Waals surface area contributed by atoms with Gasteiger partial charge >= 0.3 is 0 Å². The van der Waals surface area contributed by atoms with E-state index in [-0.39, 0.29) is 17.2 Å². The number of nitriles is 1. The fourth-order valence-corrected chi connectivity index (χ4v) is 2.60. The molecule has 0 bridgehead atoms. The average Bonchev–Trinajstić information content (AvgIpc) is 2.96. The highest BCUT2D eigenvalue weighted by atomic mass is 16.3. The summed E-state index contributed by atoms with van der Waals surface area (Å²) in [4.78, 5) is 7.36. The molecule has 0 spiro atoms. The average molecular weight is 330 g/mol. The Morgan fingerprint density at radius 1 is 1.16 bits per heavy atom. The number of H-pyrrole nitrogens is 1. The third-order valence-electron chi connectivity index (χ3n) is 3.92. The number of nitrogens with zero attached hydrogens (tertiary/aromatic N) is 2. The smallest absolute Gasteiger partial charge is 0.148 e.